The Morgan fingerprint density at radius 1 is 1.10 bits per heavy atom. The highest BCUT2D eigenvalue weighted by atomic mass is 16.5. The molecule has 1 aromatic rings. The number of hydrogen-bond donors (Lipinski definition) is 1. The fraction of sp³-hybridized carbons (Fsp3) is 0.625. The van der Waals surface area contributed by atoms with Crippen molar-refractivity contribution in [3.63, 3.8) is 0 Å². The maximum absolute atomic E-state index is 13.2. The van der Waals surface area contributed by atoms with Crippen molar-refractivity contribution in [1.82, 2.24) is 9.80 Å². The van der Waals surface area contributed by atoms with Gasteiger partial charge in [0.15, 0.2) is 0 Å². The smallest absolute Gasteiger partial charge is 0.321 e. The Labute approximate surface area is 182 Å². The average molecular weight is 424 g/mol. The number of methoxy groups -OCH3 is 1. The minimum absolute atomic E-state index is 0.0181. The second-order valence-electron chi connectivity index (χ2n) is 10.2. The quantitative estimate of drug-likeness (QED) is 0.811. The van der Waals surface area contributed by atoms with Crippen molar-refractivity contribution in [2.45, 2.75) is 25.7 Å². The van der Waals surface area contributed by atoms with E-state index in [2.05, 4.69) is 5.32 Å². The highest BCUT2D eigenvalue weighted by Gasteiger charge is 2.75. The summed E-state index contributed by atoms with van der Waals surface area (Å²) < 4.78 is 5.32. The first-order chi connectivity index (χ1) is 15.0. The van der Waals surface area contributed by atoms with E-state index in [0.717, 1.165) is 38.8 Å². The van der Waals surface area contributed by atoms with E-state index in [-0.39, 0.29) is 35.1 Å². The lowest BCUT2D eigenvalue weighted by Crippen LogP contribution is -2.46. The Balaban J connectivity index is 1.05. The molecule has 1 spiro atoms. The van der Waals surface area contributed by atoms with Crippen molar-refractivity contribution in [3.05, 3.63) is 24.3 Å². The molecule has 4 bridgehead atoms. The number of amides is 3. The van der Waals surface area contributed by atoms with Gasteiger partial charge in [0, 0.05) is 38.0 Å². The molecule has 0 unspecified atom stereocenters. The normalized spacial score (nSPS) is 34.4. The number of anilines is 1. The number of para-hydroxylation sites is 2. The van der Waals surface area contributed by atoms with Gasteiger partial charge in [-0.05, 0) is 55.1 Å². The Kier molecular flexibility index (Phi) is 4.14. The summed E-state index contributed by atoms with van der Waals surface area (Å²) in [5.74, 6) is 2.36. The maximum Gasteiger partial charge on any atom is 0.321 e. The van der Waals surface area contributed by atoms with Crippen molar-refractivity contribution < 1.29 is 19.1 Å². The topological polar surface area (TPSA) is 79.0 Å². The lowest BCUT2D eigenvalue weighted by molar-refractivity contribution is -0.138. The van der Waals surface area contributed by atoms with Crippen LogP contribution in [-0.2, 0) is 9.59 Å². The number of Topliss-reactive ketones (excluding diaryl/α,β-unsaturated/α-hetero) is 1. The maximum atomic E-state index is 13.2. The predicted molar refractivity (Wildman–Crippen MR) is 114 cm³/mol. The highest BCUT2D eigenvalue weighted by molar-refractivity contribution is 6.00. The van der Waals surface area contributed by atoms with E-state index in [9.17, 15) is 14.4 Å². The molecule has 0 radical (unpaired) electrons. The van der Waals surface area contributed by atoms with Crippen LogP contribution >= 0.6 is 0 Å². The van der Waals surface area contributed by atoms with Gasteiger partial charge in [-0.1, -0.05) is 12.1 Å². The first-order valence-corrected chi connectivity index (χ1v) is 11.5. The van der Waals surface area contributed by atoms with Crippen molar-refractivity contribution in [1.29, 1.82) is 0 Å². The Hall–Kier alpha value is -2.57. The van der Waals surface area contributed by atoms with Crippen LogP contribution in [0.25, 0.3) is 0 Å². The van der Waals surface area contributed by atoms with Crippen LogP contribution in [0, 0.1) is 35.0 Å². The lowest BCUT2D eigenvalue weighted by atomic mass is 9.78. The number of piperidine rings is 1. The van der Waals surface area contributed by atoms with Gasteiger partial charge in [0.1, 0.15) is 11.5 Å². The SMILES string of the molecule is COc1ccccc1NC(=O)N1CCC2(CC1)CCN(C(=O)[C@H]1[C@H]3[C@H]4C[C@@H]1C(=O)[C@H]43)C2. The van der Waals surface area contributed by atoms with Crippen molar-refractivity contribution in [2.75, 3.05) is 38.6 Å². The van der Waals surface area contributed by atoms with Crippen molar-refractivity contribution in [3.8, 4) is 5.75 Å². The number of ether oxygens (including phenoxy) is 1. The van der Waals surface area contributed by atoms with E-state index < -0.39 is 0 Å². The van der Waals surface area contributed by atoms with Gasteiger partial charge in [0.2, 0.25) is 5.91 Å². The van der Waals surface area contributed by atoms with Crippen LogP contribution in [-0.4, -0.2) is 60.8 Å². The number of carbonyl (C=O) groups is 3. The molecule has 6 fully saturated rings. The molecule has 7 nitrogen and oxygen atoms in total. The fourth-order valence-corrected chi connectivity index (χ4v) is 7.05. The minimum Gasteiger partial charge on any atom is -0.495 e. The minimum atomic E-state index is -0.103. The lowest BCUT2D eigenvalue weighted by Gasteiger charge is -2.39. The first kappa shape index (κ1) is 19.1. The van der Waals surface area contributed by atoms with E-state index in [1.165, 1.54) is 0 Å². The van der Waals surface area contributed by atoms with Gasteiger partial charge in [-0.15, -0.1) is 0 Å². The zero-order chi connectivity index (χ0) is 21.3. The molecule has 4 aliphatic carbocycles. The molecule has 31 heavy (non-hydrogen) atoms. The summed E-state index contributed by atoms with van der Waals surface area (Å²) in [6.07, 6.45) is 3.79. The van der Waals surface area contributed by atoms with Gasteiger partial charge in [-0.3, -0.25) is 9.59 Å². The zero-order valence-corrected chi connectivity index (χ0v) is 17.9. The van der Waals surface area contributed by atoms with Gasteiger partial charge in [-0.25, -0.2) is 4.79 Å². The Morgan fingerprint density at radius 2 is 1.81 bits per heavy atom. The second kappa shape index (κ2) is 6.71. The zero-order valence-electron chi connectivity index (χ0n) is 17.9. The molecule has 6 aliphatic rings. The fourth-order valence-electron chi connectivity index (χ4n) is 7.05. The third kappa shape index (κ3) is 2.81. The van der Waals surface area contributed by atoms with Crippen LogP contribution in [0.2, 0.25) is 0 Å². The molecule has 7 heteroatoms. The molecular weight excluding hydrogens is 394 g/mol. The number of nitrogens with one attached hydrogen (secondary N) is 1. The summed E-state index contributed by atoms with van der Waals surface area (Å²) in [5, 5.41) is 2.96. The first-order valence-electron chi connectivity index (χ1n) is 11.5. The summed E-state index contributed by atoms with van der Waals surface area (Å²) in [4.78, 5) is 42.1. The molecule has 2 aliphatic heterocycles. The van der Waals surface area contributed by atoms with Crippen molar-refractivity contribution >= 4 is 23.4 Å². The molecule has 164 valence electrons. The van der Waals surface area contributed by atoms with Gasteiger partial charge in [0.05, 0.1) is 18.7 Å². The summed E-state index contributed by atoms with van der Waals surface area (Å²) >= 11 is 0. The molecule has 7 rings (SSSR count). The summed E-state index contributed by atoms with van der Waals surface area (Å²) in [7, 11) is 1.59. The number of hydrogen-bond acceptors (Lipinski definition) is 4. The third-order valence-electron chi connectivity index (χ3n) is 8.79. The molecule has 2 heterocycles. The van der Waals surface area contributed by atoms with Gasteiger partial charge in [-0.2, -0.15) is 0 Å². The highest BCUT2D eigenvalue weighted by Crippen LogP contribution is 2.71. The third-order valence-corrected chi connectivity index (χ3v) is 8.79. The van der Waals surface area contributed by atoms with E-state index in [0.29, 0.717) is 42.1 Å². The summed E-state index contributed by atoms with van der Waals surface area (Å²) in [5.41, 5.74) is 0.793. The van der Waals surface area contributed by atoms with E-state index >= 15 is 0 Å². The van der Waals surface area contributed by atoms with E-state index in [1.807, 2.05) is 34.1 Å². The molecule has 1 aromatic carbocycles. The van der Waals surface area contributed by atoms with Crippen LogP contribution in [0.5, 0.6) is 5.75 Å². The summed E-state index contributed by atoms with van der Waals surface area (Å²) in [6, 6.07) is 7.32. The van der Waals surface area contributed by atoms with Crippen LogP contribution in [0.3, 0.4) is 0 Å². The molecule has 4 saturated carbocycles. The Bertz CT molecular complexity index is 954. The van der Waals surface area contributed by atoms with Crippen LogP contribution < -0.4 is 10.1 Å². The number of rotatable bonds is 3. The van der Waals surface area contributed by atoms with Gasteiger partial charge in [0.25, 0.3) is 0 Å². The second-order valence-corrected chi connectivity index (χ2v) is 10.2. The number of urea groups is 1. The number of carbonyl (C=O) groups excluding carboxylic acids is 3. The van der Waals surface area contributed by atoms with E-state index in [1.54, 1.807) is 7.11 Å². The Morgan fingerprint density at radius 3 is 2.42 bits per heavy atom. The molecule has 1 N–H and O–H groups in total. The standard InChI is InChI=1S/C24H29N3O4/c1-31-17-5-3-2-4-16(17)25-23(30)26-9-6-24(7-10-26)8-11-27(13-24)22(29)20-15-12-14-18(20)19(14)21(15)28/h2-5,14-15,18-20H,6-13H2,1H3,(H,25,30)/t14-,15+,18+,19-,20-/m1/s1. The monoisotopic (exact) mass is 423 g/mol. The number of likely N-dealkylation sites (tertiary alicyclic amines) is 2. The van der Waals surface area contributed by atoms with Crippen molar-refractivity contribution in [2.24, 2.45) is 35.0 Å². The van der Waals surface area contributed by atoms with Gasteiger partial charge >= 0.3 is 6.03 Å². The molecule has 3 amide bonds. The summed E-state index contributed by atoms with van der Waals surface area (Å²) in [6.45, 7) is 2.97. The molecular formula is C24H29N3O4. The molecule has 0 aromatic heterocycles. The van der Waals surface area contributed by atoms with E-state index in [4.69, 9.17) is 4.74 Å². The van der Waals surface area contributed by atoms with Crippen LogP contribution in [0.15, 0.2) is 24.3 Å². The number of ketones is 1. The molecule has 5 atom stereocenters. The van der Waals surface area contributed by atoms with Gasteiger partial charge < -0.3 is 19.9 Å². The average Bonchev–Trinajstić information content (AvgIpc) is 3.13. The predicted octanol–water partition coefficient (Wildman–Crippen LogP) is 2.62. The molecule has 2 saturated heterocycles. The largest absolute Gasteiger partial charge is 0.495 e. The van der Waals surface area contributed by atoms with Crippen LogP contribution in [0.1, 0.15) is 25.7 Å². The van der Waals surface area contributed by atoms with Crippen LogP contribution in [0.4, 0.5) is 10.5 Å². The number of nitrogens with zero attached hydrogens (tertiary/aromatic N) is 2. The number of benzene rings is 1.